The van der Waals surface area contributed by atoms with Crippen LogP contribution in [0, 0.1) is 5.41 Å². The molecule has 6 heteroatoms. The van der Waals surface area contributed by atoms with Crippen LogP contribution in [0.25, 0.3) is 0 Å². The Labute approximate surface area is 139 Å². The summed E-state index contributed by atoms with van der Waals surface area (Å²) in [6.45, 7) is 6.44. The lowest BCUT2D eigenvalue weighted by Crippen LogP contribution is -2.45. The van der Waals surface area contributed by atoms with Crippen LogP contribution in [0.15, 0.2) is 41.1 Å². The number of aromatic nitrogens is 2. The van der Waals surface area contributed by atoms with Crippen LogP contribution in [-0.2, 0) is 11.3 Å². The number of benzene rings is 1. The van der Waals surface area contributed by atoms with Gasteiger partial charge in [-0.25, -0.2) is 4.98 Å². The van der Waals surface area contributed by atoms with Crippen LogP contribution in [-0.4, -0.2) is 21.5 Å². The van der Waals surface area contributed by atoms with E-state index in [-0.39, 0.29) is 11.3 Å². The Kier molecular flexibility index (Phi) is 5.03. The minimum absolute atomic E-state index is 0.226. The molecular weight excluding hydrogens is 344 g/mol. The standard InChI is InChI=1S/C16H21BrN4O/c1-16(2,3)13(18)14(22)20-15-19-8-9-21(15)10-11-4-6-12(17)7-5-11/h4-9,13H,10,18H2,1-3H3,(H,19,20,22)/t13-/m1/s1. The summed E-state index contributed by atoms with van der Waals surface area (Å²) in [5, 5.41) is 2.81. The molecule has 0 saturated carbocycles. The highest BCUT2D eigenvalue weighted by molar-refractivity contribution is 9.10. The van der Waals surface area contributed by atoms with Crippen LogP contribution < -0.4 is 11.1 Å². The maximum absolute atomic E-state index is 12.2. The van der Waals surface area contributed by atoms with Crippen LogP contribution in [0.5, 0.6) is 0 Å². The molecule has 2 aromatic rings. The molecule has 0 aliphatic carbocycles. The molecule has 1 aromatic heterocycles. The number of rotatable bonds is 4. The van der Waals surface area contributed by atoms with E-state index in [0.717, 1.165) is 10.0 Å². The van der Waals surface area contributed by atoms with E-state index in [1.807, 2.05) is 55.8 Å². The van der Waals surface area contributed by atoms with Crippen molar-refractivity contribution < 1.29 is 4.79 Å². The van der Waals surface area contributed by atoms with Crippen molar-refractivity contribution in [3.63, 3.8) is 0 Å². The smallest absolute Gasteiger partial charge is 0.244 e. The summed E-state index contributed by atoms with van der Waals surface area (Å²) in [4.78, 5) is 16.4. The van der Waals surface area contributed by atoms with Crippen molar-refractivity contribution in [3.05, 3.63) is 46.7 Å². The minimum atomic E-state index is -0.592. The molecule has 118 valence electrons. The van der Waals surface area contributed by atoms with Gasteiger partial charge in [-0.3, -0.25) is 10.1 Å². The van der Waals surface area contributed by atoms with E-state index in [0.29, 0.717) is 12.5 Å². The van der Waals surface area contributed by atoms with Crippen molar-refractivity contribution in [2.24, 2.45) is 11.1 Å². The molecule has 2 rings (SSSR count). The van der Waals surface area contributed by atoms with E-state index in [9.17, 15) is 4.79 Å². The predicted octanol–water partition coefficient (Wildman–Crippen LogP) is 3.01. The molecule has 0 aliphatic heterocycles. The first-order valence-electron chi connectivity index (χ1n) is 7.09. The highest BCUT2D eigenvalue weighted by Gasteiger charge is 2.28. The topological polar surface area (TPSA) is 72.9 Å². The summed E-state index contributed by atoms with van der Waals surface area (Å²) in [6, 6.07) is 7.43. The number of anilines is 1. The van der Waals surface area contributed by atoms with Crippen molar-refractivity contribution in [1.82, 2.24) is 9.55 Å². The molecule has 1 heterocycles. The van der Waals surface area contributed by atoms with Crippen molar-refractivity contribution in [1.29, 1.82) is 0 Å². The van der Waals surface area contributed by atoms with Gasteiger partial charge in [0.1, 0.15) is 0 Å². The van der Waals surface area contributed by atoms with Gasteiger partial charge >= 0.3 is 0 Å². The number of carbonyl (C=O) groups is 1. The van der Waals surface area contributed by atoms with Gasteiger partial charge in [-0.15, -0.1) is 0 Å². The second kappa shape index (κ2) is 6.62. The molecular formula is C16H21BrN4O. The number of carbonyl (C=O) groups excluding carboxylic acids is 1. The summed E-state index contributed by atoms with van der Waals surface area (Å²) < 4.78 is 2.92. The van der Waals surface area contributed by atoms with Crippen LogP contribution in [0.2, 0.25) is 0 Å². The van der Waals surface area contributed by atoms with E-state index in [2.05, 4.69) is 26.2 Å². The zero-order chi connectivity index (χ0) is 16.3. The van der Waals surface area contributed by atoms with Gasteiger partial charge in [0.25, 0.3) is 0 Å². The zero-order valence-corrected chi connectivity index (χ0v) is 14.6. The quantitative estimate of drug-likeness (QED) is 0.875. The zero-order valence-electron chi connectivity index (χ0n) is 13.0. The molecule has 0 unspecified atom stereocenters. The molecule has 1 atom stereocenters. The lowest BCUT2D eigenvalue weighted by molar-refractivity contribution is -0.119. The minimum Gasteiger partial charge on any atom is -0.319 e. The number of amides is 1. The van der Waals surface area contributed by atoms with Crippen molar-refractivity contribution in [2.75, 3.05) is 5.32 Å². The van der Waals surface area contributed by atoms with Gasteiger partial charge < -0.3 is 10.3 Å². The van der Waals surface area contributed by atoms with Gasteiger partial charge in [0.05, 0.1) is 12.6 Å². The normalized spacial score (nSPS) is 13.0. The SMILES string of the molecule is CC(C)(C)[C@H](N)C(=O)Nc1nccn1Cc1ccc(Br)cc1. The Morgan fingerprint density at radius 2 is 2.00 bits per heavy atom. The summed E-state index contributed by atoms with van der Waals surface area (Å²) in [5.41, 5.74) is 6.80. The van der Waals surface area contributed by atoms with Crippen molar-refractivity contribution >= 4 is 27.8 Å². The molecule has 22 heavy (non-hydrogen) atoms. The van der Waals surface area contributed by atoms with Crippen molar-refractivity contribution in [3.8, 4) is 0 Å². The van der Waals surface area contributed by atoms with E-state index in [4.69, 9.17) is 5.73 Å². The van der Waals surface area contributed by atoms with Crippen LogP contribution in [0.1, 0.15) is 26.3 Å². The predicted molar refractivity (Wildman–Crippen MR) is 91.5 cm³/mol. The van der Waals surface area contributed by atoms with Gasteiger partial charge in [-0.2, -0.15) is 0 Å². The third kappa shape index (κ3) is 4.18. The lowest BCUT2D eigenvalue weighted by atomic mass is 9.87. The third-order valence-corrected chi connectivity index (χ3v) is 3.96. The number of hydrogen-bond donors (Lipinski definition) is 2. The van der Waals surface area contributed by atoms with Gasteiger partial charge in [-0.1, -0.05) is 48.8 Å². The second-order valence-electron chi connectivity index (χ2n) is 6.34. The first kappa shape index (κ1) is 16.7. The first-order chi connectivity index (χ1) is 10.3. The molecule has 0 spiro atoms. The van der Waals surface area contributed by atoms with Crippen molar-refractivity contribution in [2.45, 2.75) is 33.4 Å². The maximum atomic E-state index is 12.2. The molecule has 0 saturated heterocycles. The van der Waals surface area contributed by atoms with E-state index >= 15 is 0 Å². The average Bonchev–Trinajstić information content (AvgIpc) is 2.86. The summed E-state index contributed by atoms with van der Waals surface area (Å²) in [7, 11) is 0. The Morgan fingerprint density at radius 1 is 1.36 bits per heavy atom. The molecule has 3 N–H and O–H groups in total. The number of hydrogen-bond acceptors (Lipinski definition) is 3. The second-order valence-corrected chi connectivity index (χ2v) is 7.25. The highest BCUT2D eigenvalue weighted by Crippen LogP contribution is 2.19. The molecule has 0 aliphatic rings. The van der Waals surface area contributed by atoms with Gasteiger partial charge in [0.2, 0.25) is 11.9 Å². The van der Waals surface area contributed by atoms with Crippen LogP contribution in [0.4, 0.5) is 5.95 Å². The molecule has 1 amide bonds. The molecule has 0 radical (unpaired) electrons. The van der Waals surface area contributed by atoms with E-state index in [1.165, 1.54) is 0 Å². The van der Waals surface area contributed by atoms with Gasteiger partial charge in [0, 0.05) is 16.9 Å². The largest absolute Gasteiger partial charge is 0.319 e. The Bertz CT molecular complexity index is 643. The van der Waals surface area contributed by atoms with Crippen LogP contribution in [0.3, 0.4) is 0 Å². The molecule has 1 aromatic carbocycles. The summed E-state index contributed by atoms with van der Waals surface area (Å²) in [6.07, 6.45) is 3.50. The summed E-state index contributed by atoms with van der Waals surface area (Å²) in [5.74, 6) is 0.281. The molecule has 5 nitrogen and oxygen atoms in total. The lowest BCUT2D eigenvalue weighted by Gasteiger charge is -2.25. The van der Waals surface area contributed by atoms with Gasteiger partial charge in [0.15, 0.2) is 0 Å². The van der Waals surface area contributed by atoms with Crippen LogP contribution >= 0.6 is 15.9 Å². The molecule has 0 bridgehead atoms. The monoisotopic (exact) mass is 364 g/mol. The Hall–Kier alpha value is -1.66. The first-order valence-corrected chi connectivity index (χ1v) is 7.88. The fourth-order valence-corrected chi connectivity index (χ4v) is 2.19. The van der Waals surface area contributed by atoms with E-state index in [1.54, 1.807) is 6.20 Å². The number of nitrogens with one attached hydrogen (secondary N) is 1. The Morgan fingerprint density at radius 3 is 2.59 bits per heavy atom. The number of imidazole rings is 1. The third-order valence-electron chi connectivity index (χ3n) is 3.43. The number of nitrogens with zero attached hydrogens (tertiary/aromatic N) is 2. The fraction of sp³-hybridized carbons (Fsp3) is 0.375. The van der Waals surface area contributed by atoms with E-state index < -0.39 is 6.04 Å². The number of halogens is 1. The number of nitrogens with two attached hydrogens (primary N) is 1. The fourth-order valence-electron chi connectivity index (χ4n) is 1.93. The summed E-state index contributed by atoms with van der Waals surface area (Å²) >= 11 is 3.41. The maximum Gasteiger partial charge on any atom is 0.244 e. The highest BCUT2D eigenvalue weighted by atomic mass is 79.9. The Balaban J connectivity index is 2.09. The molecule has 0 fully saturated rings. The van der Waals surface area contributed by atoms with Gasteiger partial charge in [-0.05, 0) is 23.1 Å². The average molecular weight is 365 g/mol.